The Kier molecular flexibility index (Phi) is 7.36. The van der Waals surface area contributed by atoms with Crippen LogP contribution in [0.2, 0.25) is 5.15 Å². The largest absolute Gasteiger partial charge is 0.469 e. The van der Waals surface area contributed by atoms with Gasteiger partial charge >= 0.3 is 0 Å². The highest BCUT2D eigenvalue weighted by Gasteiger charge is 2.01. The Balaban J connectivity index is 1.79. The second kappa shape index (κ2) is 9.78. The van der Waals surface area contributed by atoms with Crippen LogP contribution in [-0.2, 0) is 12.8 Å². The summed E-state index contributed by atoms with van der Waals surface area (Å²) in [4.78, 5) is 8.60. The van der Waals surface area contributed by atoms with Crippen molar-refractivity contribution in [1.82, 2.24) is 15.6 Å². The molecule has 128 valence electrons. The van der Waals surface area contributed by atoms with Crippen LogP contribution in [0.25, 0.3) is 0 Å². The van der Waals surface area contributed by atoms with Crippen molar-refractivity contribution in [1.29, 1.82) is 0 Å². The van der Waals surface area contributed by atoms with E-state index < -0.39 is 0 Å². The summed E-state index contributed by atoms with van der Waals surface area (Å²) in [6, 6.07) is 7.64. The predicted molar refractivity (Wildman–Crippen MR) is 98.5 cm³/mol. The first-order chi connectivity index (χ1) is 11.6. The van der Waals surface area contributed by atoms with Crippen molar-refractivity contribution in [3.63, 3.8) is 0 Å². The molecule has 0 radical (unpaired) electrons. The molecular weight excluding hydrogens is 324 g/mol. The fourth-order valence-electron chi connectivity index (χ4n) is 2.03. The summed E-state index contributed by atoms with van der Waals surface area (Å²) in [7, 11) is 0. The van der Waals surface area contributed by atoms with Crippen molar-refractivity contribution in [3.05, 3.63) is 65.4 Å². The van der Waals surface area contributed by atoms with E-state index in [2.05, 4.69) is 27.2 Å². The Morgan fingerprint density at radius 1 is 1.25 bits per heavy atom. The SMILES string of the molecule is C=C(C)CN=C(NCCc1ccc(Cl)nc1)NCCc1ccco1. The second-order valence-corrected chi connectivity index (χ2v) is 5.93. The predicted octanol–water partition coefficient (Wildman–Crippen LogP) is 3.22. The number of nitrogens with one attached hydrogen (secondary N) is 2. The molecule has 2 aromatic heterocycles. The van der Waals surface area contributed by atoms with E-state index in [1.807, 2.05) is 25.1 Å². The van der Waals surface area contributed by atoms with E-state index in [1.165, 1.54) is 0 Å². The number of furan rings is 1. The van der Waals surface area contributed by atoms with Gasteiger partial charge in [0.1, 0.15) is 10.9 Å². The molecule has 0 spiro atoms. The van der Waals surface area contributed by atoms with Crippen molar-refractivity contribution < 1.29 is 4.42 Å². The third-order valence-corrected chi connectivity index (χ3v) is 3.47. The summed E-state index contributed by atoms with van der Waals surface area (Å²) in [5, 5.41) is 7.14. The highest BCUT2D eigenvalue weighted by Crippen LogP contribution is 2.05. The van der Waals surface area contributed by atoms with Gasteiger partial charge in [0.2, 0.25) is 0 Å². The number of pyridine rings is 1. The van der Waals surface area contributed by atoms with Gasteiger partial charge in [0.25, 0.3) is 0 Å². The first-order valence-corrected chi connectivity index (χ1v) is 8.30. The Bertz CT molecular complexity index is 650. The quantitative estimate of drug-likeness (QED) is 0.333. The summed E-state index contributed by atoms with van der Waals surface area (Å²) in [6.07, 6.45) is 5.13. The molecule has 2 aromatic rings. The lowest BCUT2D eigenvalue weighted by molar-refractivity contribution is 0.507. The molecule has 0 aliphatic carbocycles. The molecule has 2 N–H and O–H groups in total. The van der Waals surface area contributed by atoms with E-state index in [-0.39, 0.29) is 0 Å². The average Bonchev–Trinajstić information content (AvgIpc) is 3.07. The average molecular weight is 347 g/mol. The molecule has 0 unspecified atom stereocenters. The molecule has 0 saturated carbocycles. The van der Waals surface area contributed by atoms with E-state index in [0.717, 1.165) is 48.8 Å². The highest BCUT2D eigenvalue weighted by molar-refractivity contribution is 6.29. The van der Waals surface area contributed by atoms with E-state index in [1.54, 1.807) is 18.5 Å². The number of halogens is 1. The van der Waals surface area contributed by atoms with Gasteiger partial charge in [-0.05, 0) is 37.1 Å². The van der Waals surface area contributed by atoms with Gasteiger partial charge in [0.15, 0.2) is 5.96 Å². The van der Waals surface area contributed by atoms with Gasteiger partial charge in [-0.2, -0.15) is 0 Å². The van der Waals surface area contributed by atoms with Gasteiger partial charge in [-0.1, -0.05) is 29.8 Å². The lowest BCUT2D eigenvalue weighted by Gasteiger charge is -2.12. The molecule has 0 aromatic carbocycles. The van der Waals surface area contributed by atoms with Gasteiger partial charge in [-0.3, -0.25) is 0 Å². The zero-order valence-corrected chi connectivity index (χ0v) is 14.6. The maximum absolute atomic E-state index is 5.79. The van der Waals surface area contributed by atoms with Crippen LogP contribution >= 0.6 is 11.6 Å². The number of aliphatic imine (C=N–C) groups is 1. The fourth-order valence-corrected chi connectivity index (χ4v) is 2.14. The van der Waals surface area contributed by atoms with Crippen LogP contribution in [0, 0.1) is 0 Å². The zero-order chi connectivity index (χ0) is 17.2. The maximum Gasteiger partial charge on any atom is 0.191 e. The van der Waals surface area contributed by atoms with Gasteiger partial charge in [0, 0.05) is 25.7 Å². The molecule has 0 fully saturated rings. The number of guanidine groups is 1. The number of rotatable bonds is 8. The normalized spacial score (nSPS) is 11.3. The van der Waals surface area contributed by atoms with Crippen molar-refractivity contribution in [2.45, 2.75) is 19.8 Å². The molecule has 5 nitrogen and oxygen atoms in total. The molecule has 0 bridgehead atoms. The minimum absolute atomic E-state index is 0.509. The van der Waals surface area contributed by atoms with Gasteiger partial charge < -0.3 is 15.1 Å². The smallest absolute Gasteiger partial charge is 0.191 e. The standard InChI is InChI=1S/C18H23ClN4O/c1-14(2)12-23-18(21-10-8-16-4-3-11-24-16)20-9-7-15-5-6-17(19)22-13-15/h3-6,11,13H,1,7-10,12H2,2H3,(H2,20,21,23). The second-order valence-electron chi connectivity index (χ2n) is 5.54. The monoisotopic (exact) mass is 346 g/mol. The van der Waals surface area contributed by atoms with Crippen molar-refractivity contribution >= 4 is 17.6 Å². The van der Waals surface area contributed by atoms with E-state index >= 15 is 0 Å². The Labute approximate surface area is 147 Å². The third kappa shape index (κ3) is 6.87. The van der Waals surface area contributed by atoms with E-state index in [0.29, 0.717) is 11.7 Å². The third-order valence-electron chi connectivity index (χ3n) is 3.25. The van der Waals surface area contributed by atoms with E-state index in [4.69, 9.17) is 16.0 Å². The molecule has 24 heavy (non-hydrogen) atoms. The first-order valence-electron chi connectivity index (χ1n) is 7.93. The number of hydrogen-bond acceptors (Lipinski definition) is 3. The summed E-state index contributed by atoms with van der Waals surface area (Å²) in [6.45, 7) is 7.95. The molecule has 0 saturated heterocycles. The topological polar surface area (TPSA) is 62.5 Å². The lowest BCUT2D eigenvalue weighted by Crippen LogP contribution is -2.39. The molecule has 0 aliphatic heterocycles. The summed E-state index contributed by atoms with van der Waals surface area (Å²) >= 11 is 5.79. The van der Waals surface area contributed by atoms with Crippen molar-refractivity contribution in [2.75, 3.05) is 19.6 Å². The molecule has 0 aliphatic rings. The molecule has 6 heteroatoms. The zero-order valence-electron chi connectivity index (χ0n) is 13.9. The van der Waals surface area contributed by atoms with Crippen molar-refractivity contribution in [2.24, 2.45) is 4.99 Å². The summed E-state index contributed by atoms with van der Waals surface area (Å²) < 4.78 is 5.33. The lowest BCUT2D eigenvalue weighted by atomic mass is 10.2. The van der Waals surface area contributed by atoms with Crippen LogP contribution in [0.4, 0.5) is 0 Å². The molecule has 2 heterocycles. The molecular formula is C18H23ClN4O. The van der Waals surface area contributed by atoms with Crippen LogP contribution in [-0.4, -0.2) is 30.6 Å². The van der Waals surface area contributed by atoms with Gasteiger partial charge in [0.05, 0.1) is 12.8 Å². The summed E-state index contributed by atoms with van der Waals surface area (Å²) in [5.74, 6) is 1.72. The number of aromatic nitrogens is 1. The van der Waals surface area contributed by atoms with Crippen LogP contribution in [0.5, 0.6) is 0 Å². The van der Waals surface area contributed by atoms with Crippen LogP contribution in [0.1, 0.15) is 18.2 Å². The minimum Gasteiger partial charge on any atom is -0.469 e. The van der Waals surface area contributed by atoms with Gasteiger partial charge in [-0.25, -0.2) is 9.98 Å². The van der Waals surface area contributed by atoms with Crippen LogP contribution in [0.3, 0.4) is 0 Å². The molecule has 2 rings (SSSR count). The minimum atomic E-state index is 0.509. The molecule has 0 amide bonds. The molecule has 0 atom stereocenters. The number of hydrogen-bond donors (Lipinski definition) is 2. The maximum atomic E-state index is 5.79. The van der Waals surface area contributed by atoms with Crippen LogP contribution < -0.4 is 10.6 Å². The van der Waals surface area contributed by atoms with Gasteiger partial charge in [-0.15, -0.1) is 0 Å². The Morgan fingerprint density at radius 2 is 2.04 bits per heavy atom. The first kappa shape index (κ1) is 18.1. The Hall–Kier alpha value is -2.27. The number of nitrogens with zero attached hydrogens (tertiary/aromatic N) is 2. The Morgan fingerprint density at radius 3 is 2.67 bits per heavy atom. The summed E-state index contributed by atoms with van der Waals surface area (Å²) in [5.41, 5.74) is 2.14. The van der Waals surface area contributed by atoms with E-state index in [9.17, 15) is 0 Å². The van der Waals surface area contributed by atoms with Crippen LogP contribution in [0.15, 0.2) is 58.3 Å². The van der Waals surface area contributed by atoms with Crippen molar-refractivity contribution in [3.8, 4) is 0 Å². The highest BCUT2D eigenvalue weighted by atomic mass is 35.5. The fraction of sp³-hybridized carbons (Fsp3) is 0.333.